The van der Waals surface area contributed by atoms with E-state index in [0.29, 0.717) is 35.4 Å². The average molecular weight is 335 g/mol. The van der Waals surface area contributed by atoms with Crippen molar-refractivity contribution in [1.82, 2.24) is 0 Å². The summed E-state index contributed by atoms with van der Waals surface area (Å²) in [4.78, 5) is 12.0. The summed E-state index contributed by atoms with van der Waals surface area (Å²) in [7, 11) is 1.72. The summed E-state index contributed by atoms with van der Waals surface area (Å²) in [6.07, 6.45) is 11.0. The number of hydrogen-bond acceptors (Lipinski definition) is 3. The third-order valence-corrected chi connectivity index (χ3v) is 8.78. The lowest BCUT2D eigenvalue weighted by atomic mass is 9.45. The van der Waals surface area contributed by atoms with Gasteiger partial charge in [0.1, 0.15) is 12.6 Å². The van der Waals surface area contributed by atoms with Crippen LogP contribution < -0.4 is 0 Å². The average Bonchev–Trinajstić information content (AvgIpc) is 2.90. The van der Waals surface area contributed by atoms with E-state index in [9.17, 15) is 4.79 Å². The molecule has 0 N–H and O–H groups in total. The zero-order valence-electron chi connectivity index (χ0n) is 15.7. The minimum Gasteiger partial charge on any atom is -0.359 e. The molecule has 4 fully saturated rings. The van der Waals surface area contributed by atoms with Gasteiger partial charge in [-0.25, -0.2) is 0 Å². The summed E-state index contributed by atoms with van der Waals surface area (Å²) < 4.78 is 11.3. The highest BCUT2D eigenvalue weighted by Crippen LogP contribution is 2.66. The van der Waals surface area contributed by atoms with Gasteiger partial charge in [-0.1, -0.05) is 13.8 Å². The van der Waals surface area contributed by atoms with Crippen LogP contribution in [0, 0.1) is 34.5 Å². The summed E-state index contributed by atoms with van der Waals surface area (Å²) in [5.74, 6) is 3.68. The molecule has 4 saturated carbocycles. The lowest BCUT2D eigenvalue weighted by Gasteiger charge is -2.60. The maximum Gasteiger partial charge on any atom is 0.146 e. The fourth-order valence-corrected chi connectivity index (χ4v) is 7.42. The number of carbonyl (C=O) groups is 1. The molecule has 0 aliphatic heterocycles. The van der Waals surface area contributed by atoms with Crippen LogP contribution in [0.5, 0.6) is 0 Å². The molecule has 0 aromatic carbocycles. The van der Waals surface area contributed by atoms with Crippen LogP contribution in [0.25, 0.3) is 0 Å². The molecule has 24 heavy (non-hydrogen) atoms. The van der Waals surface area contributed by atoms with E-state index < -0.39 is 0 Å². The highest BCUT2D eigenvalue weighted by molar-refractivity contribution is 5.79. The van der Waals surface area contributed by atoms with Crippen molar-refractivity contribution in [3.8, 4) is 0 Å². The van der Waals surface area contributed by atoms with Crippen molar-refractivity contribution < 1.29 is 14.3 Å². The summed E-state index contributed by atoms with van der Waals surface area (Å²) in [5.41, 5.74) is 0.761. The van der Waals surface area contributed by atoms with E-state index in [2.05, 4.69) is 13.8 Å². The Hall–Kier alpha value is -0.410. The van der Waals surface area contributed by atoms with Crippen molar-refractivity contribution >= 4 is 5.78 Å². The van der Waals surface area contributed by atoms with Crippen LogP contribution in [0.4, 0.5) is 0 Å². The topological polar surface area (TPSA) is 35.5 Å². The van der Waals surface area contributed by atoms with Gasteiger partial charge in [-0.3, -0.25) is 4.79 Å². The molecule has 4 rings (SSSR count). The molecule has 3 heteroatoms. The maximum atomic E-state index is 12.0. The Morgan fingerprint density at radius 3 is 2.58 bits per heavy atom. The first kappa shape index (κ1) is 17.0. The third kappa shape index (κ3) is 2.41. The number of hydrogen-bond donors (Lipinski definition) is 0. The largest absolute Gasteiger partial charge is 0.359 e. The van der Waals surface area contributed by atoms with Gasteiger partial charge in [0.05, 0.1) is 6.10 Å². The molecule has 0 radical (unpaired) electrons. The molecule has 4 aliphatic rings. The second-order valence-corrected chi connectivity index (χ2v) is 9.58. The highest BCUT2D eigenvalue weighted by Gasteiger charge is 2.60. The fraction of sp³-hybridized carbons (Fsp3) is 0.952. The molecule has 0 saturated heterocycles. The van der Waals surface area contributed by atoms with Gasteiger partial charge in [-0.2, -0.15) is 0 Å². The quantitative estimate of drug-likeness (QED) is 0.708. The molecule has 0 aromatic heterocycles. The number of ether oxygens (including phenoxy) is 2. The molecular weight excluding hydrogens is 300 g/mol. The summed E-state index contributed by atoms with van der Waals surface area (Å²) in [6.45, 7) is 5.44. The standard InChI is InChI=1S/C21H34O3/c1-20-10-8-15(22)12-14(20)4-5-16-17-6-7-19(24-13-23-3)21(17,2)11-9-18(16)20/h14,16-19H,4-13H2,1-3H3. The van der Waals surface area contributed by atoms with Crippen molar-refractivity contribution in [1.29, 1.82) is 0 Å². The van der Waals surface area contributed by atoms with Crippen molar-refractivity contribution in [2.45, 2.75) is 77.7 Å². The van der Waals surface area contributed by atoms with E-state index in [1.54, 1.807) is 7.11 Å². The van der Waals surface area contributed by atoms with E-state index >= 15 is 0 Å². The molecule has 4 aliphatic carbocycles. The van der Waals surface area contributed by atoms with Crippen molar-refractivity contribution in [3.05, 3.63) is 0 Å². The second kappa shape index (κ2) is 6.09. The highest BCUT2D eigenvalue weighted by atomic mass is 16.7. The van der Waals surface area contributed by atoms with E-state index in [4.69, 9.17) is 9.47 Å². The molecule has 136 valence electrons. The Bertz CT molecular complexity index is 503. The van der Waals surface area contributed by atoms with Crippen LogP contribution in [0.3, 0.4) is 0 Å². The van der Waals surface area contributed by atoms with Gasteiger partial charge in [0.2, 0.25) is 0 Å². The van der Waals surface area contributed by atoms with Crippen LogP contribution in [0.15, 0.2) is 0 Å². The van der Waals surface area contributed by atoms with Crippen molar-refractivity contribution in [2.75, 3.05) is 13.9 Å². The van der Waals surface area contributed by atoms with E-state index in [-0.39, 0.29) is 0 Å². The number of fused-ring (bicyclic) bond motifs is 5. The molecular formula is C21H34O3. The molecule has 0 spiro atoms. The van der Waals surface area contributed by atoms with Crippen molar-refractivity contribution in [3.63, 3.8) is 0 Å². The Morgan fingerprint density at radius 2 is 1.79 bits per heavy atom. The lowest BCUT2D eigenvalue weighted by molar-refractivity contribution is -0.157. The first-order valence-electron chi connectivity index (χ1n) is 10.1. The number of rotatable bonds is 3. The first-order valence-corrected chi connectivity index (χ1v) is 10.1. The van der Waals surface area contributed by atoms with Gasteiger partial charge in [0, 0.05) is 20.0 Å². The summed E-state index contributed by atoms with van der Waals surface area (Å²) >= 11 is 0. The van der Waals surface area contributed by atoms with E-state index in [1.165, 1.54) is 38.5 Å². The van der Waals surface area contributed by atoms with Gasteiger partial charge in [-0.05, 0) is 79.4 Å². The Balaban J connectivity index is 1.55. The molecule has 0 heterocycles. The number of methoxy groups -OCH3 is 1. The minimum atomic E-state index is 0.341. The van der Waals surface area contributed by atoms with Gasteiger partial charge in [0.15, 0.2) is 0 Å². The maximum absolute atomic E-state index is 12.0. The Labute approximate surface area is 146 Å². The molecule has 0 aromatic rings. The van der Waals surface area contributed by atoms with E-state index in [1.807, 2.05) is 0 Å². The van der Waals surface area contributed by atoms with Gasteiger partial charge < -0.3 is 9.47 Å². The van der Waals surface area contributed by atoms with Crippen LogP contribution >= 0.6 is 0 Å². The monoisotopic (exact) mass is 334 g/mol. The Kier molecular flexibility index (Phi) is 4.32. The molecule has 3 nitrogen and oxygen atoms in total. The Morgan fingerprint density at radius 1 is 1.00 bits per heavy atom. The van der Waals surface area contributed by atoms with E-state index in [0.717, 1.165) is 37.0 Å². The van der Waals surface area contributed by atoms with Crippen LogP contribution in [-0.4, -0.2) is 25.8 Å². The molecule has 0 amide bonds. The first-order chi connectivity index (χ1) is 11.5. The summed E-state index contributed by atoms with van der Waals surface area (Å²) in [5, 5.41) is 0. The van der Waals surface area contributed by atoms with Crippen LogP contribution in [-0.2, 0) is 14.3 Å². The molecule has 7 atom stereocenters. The fourth-order valence-electron chi connectivity index (χ4n) is 7.42. The molecule has 7 unspecified atom stereocenters. The smallest absolute Gasteiger partial charge is 0.146 e. The normalized spacial score (nSPS) is 51.0. The van der Waals surface area contributed by atoms with Gasteiger partial charge >= 0.3 is 0 Å². The van der Waals surface area contributed by atoms with Gasteiger partial charge in [-0.15, -0.1) is 0 Å². The number of Topliss-reactive ketones (excluding diaryl/α,β-unsaturated/α-hetero) is 1. The predicted molar refractivity (Wildman–Crippen MR) is 93.5 cm³/mol. The third-order valence-electron chi connectivity index (χ3n) is 8.78. The second-order valence-electron chi connectivity index (χ2n) is 9.58. The SMILES string of the molecule is COCOC1CCC2C3CCC4CC(=O)CCC4(C)C3CCC12C. The predicted octanol–water partition coefficient (Wildman–Crippen LogP) is 4.59. The zero-order chi connectivity index (χ0) is 16.9. The summed E-state index contributed by atoms with van der Waals surface area (Å²) in [6, 6.07) is 0. The minimum absolute atomic E-state index is 0.341. The van der Waals surface area contributed by atoms with Gasteiger partial charge in [0.25, 0.3) is 0 Å². The number of carbonyl (C=O) groups excluding carboxylic acids is 1. The number of ketones is 1. The van der Waals surface area contributed by atoms with Crippen LogP contribution in [0.2, 0.25) is 0 Å². The van der Waals surface area contributed by atoms with Crippen LogP contribution in [0.1, 0.15) is 71.6 Å². The lowest BCUT2D eigenvalue weighted by Crippen LogP contribution is -2.54. The van der Waals surface area contributed by atoms with Crippen molar-refractivity contribution in [2.24, 2.45) is 34.5 Å². The molecule has 0 bridgehead atoms. The zero-order valence-corrected chi connectivity index (χ0v) is 15.7.